The number of nitrogens with two attached hydrogens (primary N) is 1. The Balaban J connectivity index is 2.75. The van der Waals surface area contributed by atoms with Crippen LogP contribution in [0.1, 0.15) is 6.42 Å². The predicted octanol–water partition coefficient (Wildman–Crippen LogP) is 0.687. The highest BCUT2D eigenvalue weighted by molar-refractivity contribution is 5.81. The summed E-state index contributed by atoms with van der Waals surface area (Å²) in [6, 6.07) is 0. The van der Waals surface area contributed by atoms with Crippen molar-refractivity contribution < 1.29 is 22.7 Å². The minimum Gasteiger partial charge on any atom is -0.469 e. The van der Waals surface area contributed by atoms with Gasteiger partial charge in [0.1, 0.15) is 0 Å². The molecule has 0 heterocycles. The average molecular weight is 197 g/mol. The molecule has 0 aromatic heterocycles. The van der Waals surface area contributed by atoms with Crippen LogP contribution in [-0.4, -0.2) is 25.8 Å². The third-order valence-corrected chi connectivity index (χ3v) is 2.43. The first-order valence-corrected chi connectivity index (χ1v) is 3.73. The van der Waals surface area contributed by atoms with E-state index in [1.165, 1.54) is 0 Å². The summed E-state index contributed by atoms with van der Waals surface area (Å²) in [4.78, 5) is 11.0. The van der Waals surface area contributed by atoms with E-state index in [4.69, 9.17) is 5.73 Å². The van der Waals surface area contributed by atoms with Crippen LogP contribution in [-0.2, 0) is 9.53 Å². The number of esters is 1. The van der Waals surface area contributed by atoms with E-state index in [0.29, 0.717) is 0 Å². The zero-order valence-corrected chi connectivity index (χ0v) is 7.02. The fourth-order valence-electron chi connectivity index (χ4n) is 1.47. The lowest BCUT2D eigenvalue weighted by atomic mass is 10.0. The lowest BCUT2D eigenvalue weighted by Crippen LogP contribution is -2.32. The largest absolute Gasteiger partial charge is 0.469 e. The molecule has 6 heteroatoms. The van der Waals surface area contributed by atoms with Crippen molar-refractivity contribution in [1.82, 2.24) is 0 Å². The molecule has 0 saturated heterocycles. The summed E-state index contributed by atoms with van der Waals surface area (Å²) in [6.45, 7) is -0.316. The van der Waals surface area contributed by atoms with Crippen molar-refractivity contribution in [1.29, 1.82) is 0 Å². The van der Waals surface area contributed by atoms with Gasteiger partial charge in [0.2, 0.25) is 0 Å². The fourth-order valence-corrected chi connectivity index (χ4v) is 1.47. The smallest absolute Gasteiger partial charge is 0.393 e. The highest BCUT2D eigenvalue weighted by Gasteiger charge is 2.70. The molecule has 13 heavy (non-hydrogen) atoms. The van der Waals surface area contributed by atoms with Crippen LogP contribution in [0.4, 0.5) is 13.2 Å². The molecule has 3 nitrogen and oxygen atoms in total. The molecule has 0 spiro atoms. The number of hydrogen-bond donors (Lipinski definition) is 1. The molecular formula is C7H10F3NO2. The lowest BCUT2D eigenvalue weighted by Gasteiger charge is -2.13. The predicted molar refractivity (Wildman–Crippen MR) is 37.7 cm³/mol. The standard InChI is InChI=1S/C7H10F3NO2/c1-13-5(12)6(3-11)2-4(6)7(8,9)10/h4H,2-3,11H2,1H3/t4-,6+/m1/s1. The molecule has 0 aliphatic heterocycles. The Morgan fingerprint density at radius 2 is 2.23 bits per heavy atom. The topological polar surface area (TPSA) is 52.3 Å². The highest BCUT2D eigenvalue weighted by atomic mass is 19.4. The van der Waals surface area contributed by atoms with Gasteiger partial charge in [-0.1, -0.05) is 0 Å². The SMILES string of the molecule is COC(=O)[C@]1(CN)C[C@H]1C(F)(F)F. The minimum atomic E-state index is -4.35. The number of carbonyl (C=O) groups is 1. The number of hydrogen-bond acceptors (Lipinski definition) is 3. The second-order valence-electron chi connectivity index (χ2n) is 3.15. The summed E-state index contributed by atoms with van der Waals surface area (Å²) >= 11 is 0. The maximum Gasteiger partial charge on any atom is 0.393 e. The number of rotatable bonds is 2. The molecule has 1 aliphatic carbocycles. The van der Waals surface area contributed by atoms with Gasteiger partial charge >= 0.3 is 12.1 Å². The summed E-state index contributed by atoms with van der Waals surface area (Å²) in [5, 5.41) is 0. The normalized spacial score (nSPS) is 32.8. The fraction of sp³-hybridized carbons (Fsp3) is 0.857. The lowest BCUT2D eigenvalue weighted by molar-refractivity contribution is -0.169. The van der Waals surface area contributed by atoms with Gasteiger partial charge < -0.3 is 10.5 Å². The van der Waals surface area contributed by atoms with Crippen LogP contribution in [0.15, 0.2) is 0 Å². The Hall–Kier alpha value is -0.780. The molecule has 2 atom stereocenters. The van der Waals surface area contributed by atoms with Crippen LogP contribution in [0.3, 0.4) is 0 Å². The van der Waals surface area contributed by atoms with Crippen molar-refractivity contribution in [3.63, 3.8) is 0 Å². The molecule has 1 rings (SSSR count). The van der Waals surface area contributed by atoms with E-state index in [1.54, 1.807) is 0 Å². The Labute approximate surface area is 73.0 Å². The first-order chi connectivity index (χ1) is 5.88. The van der Waals surface area contributed by atoms with Crippen molar-refractivity contribution in [3.8, 4) is 0 Å². The Morgan fingerprint density at radius 1 is 1.69 bits per heavy atom. The van der Waals surface area contributed by atoms with Gasteiger partial charge in [-0.15, -0.1) is 0 Å². The molecule has 0 aromatic carbocycles. The van der Waals surface area contributed by atoms with Crippen LogP contribution in [0.5, 0.6) is 0 Å². The van der Waals surface area contributed by atoms with Gasteiger partial charge in [0.15, 0.2) is 0 Å². The number of alkyl halides is 3. The van der Waals surface area contributed by atoms with E-state index in [1.807, 2.05) is 0 Å². The molecule has 0 bridgehead atoms. The van der Waals surface area contributed by atoms with Crippen LogP contribution in [0.2, 0.25) is 0 Å². The van der Waals surface area contributed by atoms with Gasteiger partial charge in [0.05, 0.1) is 18.4 Å². The number of ether oxygens (including phenoxy) is 1. The summed E-state index contributed by atoms with van der Waals surface area (Å²) in [7, 11) is 1.06. The van der Waals surface area contributed by atoms with Crippen molar-refractivity contribution in [2.75, 3.05) is 13.7 Å². The van der Waals surface area contributed by atoms with E-state index >= 15 is 0 Å². The zero-order valence-electron chi connectivity index (χ0n) is 7.02. The molecule has 0 radical (unpaired) electrons. The molecule has 1 aliphatic rings. The number of carbonyl (C=O) groups excluding carboxylic acids is 1. The third kappa shape index (κ3) is 1.50. The van der Waals surface area contributed by atoms with Gasteiger partial charge in [-0.05, 0) is 6.42 Å². The monoisotopic (exact) mass is 197 g/mol. The first kappa shape index (κ1) is 10.3. The number of methoxy groups -OCH3 is 1. The van der Waals surface area contributed by atoms with E-state index in [9.17, 15) is 18.0 Å². The Bertz CT molecular complexity index is 228. The number of halogens is 3. The average Bonchev–Trinajstić information content (AvgIpc) is 2.78. The minimum absolute atomic E-state index is 0.250. The summed E-state index contributed by atoms with van der Waals surface area (Å²) in [6.07, 6.45) is -4.60. The van der Waals surface area contributed by atoms with Crippen molar-refractivity contribution in [2.45, 2.75) is 12.6 Å². The molecule has 2 N–H and O–H groups in total. The highest BCUT2D eigenvalue weighted by Crippen LogP contribution is 2.60. The van der Waals surface area contributed by atoms with Gasteiger partial charge in [-0.25, -0.2) is 0 Å². The quantitative estimate of drug-likeness (QED) is 0.662. The summed E-state index contributed by atoms with van der Waals surface area (Å²) in [5.41, 5.74) is 3.62. The molecule has 0 amide bonds. The van der Waals surface area contributed by atoms with E-state index in [0.717, 1.165) is 7.11 Å². The molecule has 76 valence electrons. The molecular weight excluding hydrogens is 187 g/mol. The van der Waals surface area contributed by atoms with Crippen molar-refractivity contribution >= 4 is 5.97 Å². The van der Waals surface area contributed by atoms with Crippen molar-refractivity contribution in [2.24, 2.45) is 17.1 Å². The molecule has 1 fully saturated rings. The molecule has 0 aromatic rings. The summed E-state index contributed by atoms with van der Waals surface area (Å²) < 4.78 is 40.7. The van der Waals surface area contributed by atoms with E-state index < -0.39 is 23.5 Å². The van der Waals surface area contributed by atoms with Gasteiger partial charge in [0.25, 0.3) is 0 Å². The van der Waals surface area contributed by atoms with Crippen LogP contribution < -0.4 is 5.73 Å². The van der Waals surface area contributed by atoms with Crippen LogP contribution in [0, 0.1) is 11.3 Å². The summed E-state index contributed by atoms with van der Waals surface area (Å²) in [5.74, 6) is -2.49. The maximum atomic E-state index is 12.2. The van der Waals surface area contributed by atoms with Crippen LogP contribution in [0.25, 0.3) is 0 Å². The third-order valence-electron chi connectivity index (χ3n) is 2.43. The van der Waals surface area contributed by atoms with Gasteiger partial charge in [0, 0.05) is 6.54 Å². The maximum absolute atomic E-state index is 12.2. The van der Waals surface area contributed by atoms with Crippen molar-refractivity contribution in [3.05, 3.63) is 0 Å². The second kappa shape index (κ2) is 2.87. The van der Waals surface area contributed by atoms with Crippen LogP contribution >= 0.6 is 0 Å². The Morgan fingerprint density at radius 3 is 2.46 bits per heavy atom. The second-order valence-corrected chi connectivity index (χ2v) is 3.15. The molecule has 0 unspecified atom stereocenters. The van der Waals surface area contributed by atoms with Gasteiger partial charge in [-0.2, -0.15) is 13.2 Å². The molecule has 1 saturated carbocycles. The van der Waals surface area contributed by atoms with Gasteiger partial charge in [-0.3, -0.25) is 4.79 Å². The first-order valence-electron chi connectivity index (χ1n) is 3.73. The van der Waals surface area contributed by atoms with E-state index in [2.05, 4.69) is 4.74 Å². The van der Waals surface area contributed by atoms with E-state index in [-0.39, 0.29) is 13.0 Å². The Kier molecular flexibility index (Phi) is 2.27. The zero-order chi connectivity index (χ0) is 10.3.